The maximum atomic E-state index is 12.0. The number of aromatic nitrogens is 2. The van der Waals surface area contributed by atoms with Gasteiger partial charge in [0.1, 0.15) is 0 Å². The van der Waals surface area contributed by atoms with E-state index in [2.05, 4.69) is 20.3 Å². The molecule has 9 heteroatoms. The Kier molecular flexibility index (Phi) is 6.10. The Hall–Kier alpha value is -2.84. The van der Waals surface area contributed by atoms with Crippen molar-refractivity contribution in [2.24, 2.45) is 0 Å². The van der Waals surface area contributed by atoms with Gasteiger partial charge in [-0.05, 0) is 48.5 Å². The Morgan fingerprint density at radius 3 is 2.48 bits per heavy atom. The van der Waals surface area contributed by atoms with Gasteiger partial charge in [-0.1, -0.05) is 23.4 Å². The van der Waals surface area contributed by atoms with E-state index in [-0.39, 0.29) is 16.9 Å². The second-order valence-corrected chi connectivity index (χ2v) is 6.65. The summed E-state index contributed by atoms with van der Waals surface area (Å²) < 4.78 is 10.2. The zero-order valence-electron chi connectivity index (χ0n) is 14.1. The fourth-order valence-corrected chi connectivity index (χ4v) is 2.80. The number of nitrogens with one attached hydrogen (secondary N) is 1. The van der Waals surface area contributed by atoms with Crippen molar-refractivity contribution in [1.29, 1.82) is 0 Å². The molecule has 0 saturated heterocycles. The van der Waals surface area contributed by atoms with Crippen LogP contribution in [0.1, 0.15) is 10.4 Å². The third kappa shape index (κ3) is 5.08. The summed E-state index contributed by atoms with van der Waals surface area (Å²) in [6.45, 7) is 0. The molecule has 0 aliphatic rings. The minimum absolute atomic E-state index is 0.0982. The highest BCUT2D eigenvalue weighted by Gasteiger charge is 2.12. The molecule has 0 unspecified atom stereocenters. The first kappa shape index (κ1) is 18.9. The molecule has 1 amide bonds. The van der Waals surface area contributed by atoms with E-state index in [0.29, 0.717) is 22.2 Å². The average Bonchev–Trinajstić information content (AvgIpc) is 3.16. The molecule has 3 rings (SSSR count). The Balaban J connectivity index is 1.53. The molecule has 1 aromatic heterocycles. The lowest BCUT2D eigenvalue weighted by atomic mass is 10.2. The van der Waals surface area contributed by atoms with Crippen LogP contribution in [-0.4, -0.2) is 34.9 Å². The Bertz CT molecular complexity index is 942. The van der Waals surface area contributed by atoms with Crippen molar-refractivity contribution in [2.45, 2.75) is 5.22 Å². The lowest BCUT2D eigenvalue weighted by molar-refractivity contribution is -0.113. The zero-order valence-corrected chi connectivity index (χ0v) is 15.7. The van der Waals surface area contributed by atoms with E-state index in [1.165, 1.54) is 7.11 Å². The largest absolute Gasteiger partial charge is 0.465 e. The van der Waals surface area contributed by atoms with Gasteiger partial charge in [0, 0.05) is 16.3 Å². The standard InChI is InChI=1S/C18H14ClN3O4S/c1-25-17(24)12-4-8-14(9-5-12)20-15(23)10-27-18-22-21-16(26-18)11-2-6-13(19)7-3-11/h2-9H,10H2,1H3,(H,20,23). The molecule has 2 aromatic carbocycles. The number of rotatable bonds is 6. The van der Waals surface area contributed by atoms with Gasteiger partial charge in [0.25, 0.3) is 5.22 Å². The number of carbonyl (C=O) groups is 2. The van der Waals surface area contributed by atoms with Crippen molar-refractivity contribution in [3.05, 3.63) is 59.1 Å². The van der Waals surface area contributed by atoms with Crippen LogP contribution in [0.5, 0.6) is 0 Å². The number of anilines is 1. The van der Waals surface area contributed by atoms with Crippen molar-refractivity contribution in [3.8, 4) is 11.5 Å². The van der Waals surface area contributed by atoms with Crippen molar-refractivity contribution < 1.29 is 18.7 Å². The summed E-state index contributed by atoms with van der Waals surface area (Å²) in [4.78, 5) is 23.4. The van der Waals surface area contributed by atoms with Crippen LogP contribution < -0.4 is 5.32 Å². The molecule has 3 aromatic rings. The molecule has 0 fully saturated rings. The number of nitrogens with zero attached hydrogens (tertiary/aromatic N) is 2. The fraction of sp³-hybridized carbons (Fsp3) is 0.111. The Morgan fingerprint density at radius 2 is 1.81 bits per heavy atom. The summed E-state index contributed by atoms with van der Waals surface area (Å²) in [7, 11) is 1.31. The second kappa shape index (κ2) is 8.70. The van der Waals surface area contributed by atoms with Crippen LogP contribution in [0.3, 0.4) is 0 Å². The third-order valence-corrected chi connectivity index (χ3v) is 4.48. The Labute approximate surface area is 164 Å². The van der Waals surface area contributed by atoms with E-state index in [1.54, 1.807) is 48.5 Å². The van der Waals surface area contributed by atoms with Gasteiger partial charge in [-0.3, -0.25) is 4.79 Å². The number of ether oxygens (including phenoxy) is 1. The van der Waals surface area contributed by atoms with Gasteiger partial charge < -0.3 is 14.5 Å². The van der Waals surface area contributed by atoms with Gasteiger partial charge in [-0.15, -0.1) is 10.2 Å². The molecule has 0 saturated carbocycles. The number of hydrogen-bond acceptors (Lipinski definition) is 7. The van der Waals surface area contributed by atoms with E-state index >= 15 is 0 Å². The van der Waals surface area contributed by atoms with Crippen LogP contribution in [0.25, 0.3) is 11.5 Å². The average molecular weight is 404 g/mol. The van der Waals surface area contributed by atoms with Crippen molar-refractivity contribution in [3.63, 3.8) is 0 Å². The number of thioether (sulfide) groups is 1. The van der Waals surface area contributed by atoms with E-state index < -0.39 is 5.97 Å². The highest BCUT2D eigenvalue weighted by atomic mass is 35.5. The molecule has 0 atom stereocenters. The SMILES string of the molecule is COC(=O)c1ccc(NC(=O)CSc2nnc(-c3ccc(Cl)cc3)o2)cc1. The van der Waals surface area contributed by atoms with Gasteiger partial charge in [0.15, 0.2) is 0 Å². The fourth-order valence-electron chi connectivity index (χ4n) is 2.11. The van der Waals surface area contributed by atoms with Crippen LogP contribution in [0.2, 0.25) is 5.02 Å². The van der Waals surface area contributed by atoms with Gasteiger partial charge in [0.05, 0.1) is 18.4 Å². The van der Waals surface area contributed by atoms with Gasteiger partial charge in [0.2, 0.25) is 11.8 Å². The van der Waals surface area contributed by atoms with Crippen LogP contribution in [0.4, 0.5) is 5.69 Å². The summed E-state index contributed by atoms with van der Waals surface area (Å²) in [5.74, 6) is -0.220. The smallest absolute Gasteiger partial charge is 0.337 e. The molecule has 0 radical (unpaired) electrons. The number of amides is 1. The molecule has 27 heavy (non-hydrogen) atoms. The molecule has 7 nitrogen and oxygen atoms in total. The molecule has 0 spiro atoms. The van der Waals surface area contributed by atoms with Crippen molar-refractivity contribution in [2.75, 3.05) is 18.2 Å². The zero-order chi connectivity index (χ0) is 19.2. The number of carbonyl (C=O) groups excluding carboxylic acids is 2. The highest BCUT2D eigenvalue weighted by molar-refractivity contribution is 7.99. The summed E-state index contributed by atoms with van der Waals surface area (Å²) >= 11 is 6.97. The summed E-state index contributed by atoms with van der Waals surface area (Å²) in [6.07, 6.45) is 0. The normalized spacial score (nSPS) is 10.4. The van der Waals surface area contributed by atoms with Crippen LogP contribution in [-0.2, 0) is 9.53 Å². The van der Waals surface area contributed by atoms with Crippen LogP contribution in [0, 0.1) is 0 Å². The maximum Gasteiger partial charge on any atom is 0.337 e. The first-order valence-corrected chi connectivity index (χ1v) is 9.12. The third-order valence-electron chi connectivity index (χ3n) is 3.41. The van der Waals surface area contributed by atoms with E-state index in [0.717, 1.165) is 17.3 Å². The quantitative estimate of drug-likeness (QED) is 0.492. The van der Waals surface area contributed by atoms with Gasteiger partial charge in [-0.2, -0.15) is 0 Å². The van der Waals surface area contributed by atoms with Crippen molar-refractivity contribution in [1.82, 2.24) is 10.2 Å². The van der Waals surface area contributed by atoms with Crippen LogP contribution >= 0.6 is 23.4 Å². The van der Waals surface area contributed by atoms with Crippen molar-refractivity contribution >= 4 is 40.9 Å². The number of halogens is 1. The minimum Gasteiger partial charge on any atom is -0.465 e. The number of benzene rings is 2. The minimum atomic E-state index is -0.434. The molecule has 0 aliphatic heterocycles. The molecule has 1 N–H and O–H groups in total. The topological polar surface area (TPSA) is 94.3 Å². The molecule has 0 bridgehead atoms. The summed E-state index contributed by atoms with van der Waals surface area (Å²) in [6, 6.07) is 13.4. The Morgan fingerprint density at radius 1 is 1.11 bits per heavy atom. The maximum absolute atomic E-state index is 12.0. The lowest BCUT2D eigenvalue weighted by Crippen LogP contribution is -2.14. The molecular weight excluding hydrogens is 390 g/mol. The predicted molar refractivity (Wildman–Crippen MR) is 102 cm³/mol. The predicted octanol–water partition coefficient (Wildman–Crippen LogP) is 3.91. The second-order valence-electron chi connectivity index (χ2n) is 5.29. The lowest BCUT2D eigenvalue weighted by Gasteiger charge is -2.05. The molecule has 0 aliphatic carbocycles. The van der Waals surface area contributed by atoms with E-state index in [1.807, 2.05) is 0 Å². The molecule has 138 valence electrons. The molecular formula is C18H14ClN3O4S. The van der Waals surface area contributed by atoms with E-state index in [9.17, 15) is 9.59 Å². The van der Waals surface area contributed by atoms with Gasteiger partial charge in [-0.25, -0.2) is 4.79 Å². The summed E-state index contributed by atoms with van der Waals surface area (Å²) in [5.41, 5.74) is 1.72. The number of methoxy groups -OCH3 is 1. The molecule has 1 heterocycles. The van der Waals surface area contributed by atoms with E-state index in [4.69, 9.17) is 16.0 Å². The highest BCUT2D eigenvalue weighted by Crippen LogP contribution is 2.24. The summed E-state index contributed by atoms with van der Waals surface area (Å²) in [5, 5.41) is 11.5. The monoisotopic (exact) mass is 403 g/mol. The first-order valence-electron chi connectivity index (χ1n) is 7.75. The van der Waals surface area contributed by atoms with Crippen LogP contribution in [0.15, 0.2) is 58.2 Å². The first-order chi connectivity index (χ1) is 13.0. The number of esters is 1. The number of hydrogen-bond donors (Lipinski definition) is 1. The van der Waals surface area contributed by atoms with Gasteiger partial charge >= 0.3 is 5.97 Å².